The predicted octanol–water partition coefficient (Wildman–Crippen LogP) is 1.38. The van der Waals surface area contributed by atoms with Gasteiger partial charge in [0, 0.05) is 25.7 Å². The van der Waals surface area contributed by atoms with Gasteiger partial charge in [-0.05, 0) is 46.8 Å². The van der Waals surface area contributed by atoms with Crippen LogP contribution >= 0.6 is 24.8 Å². The summed E-state index contributed by atoms with van der Waals surface area (Å²) in [5.41, 5.74) is -0.148. The Morgan fingerprint density at radius 1 is 1.26 bits per heavy atom. The van der Waals surface area contributed by atoms with Crippen LogP contribution in [0.3, 0.4) is 0 Å². The van der Waals surface area contributed by atoms with Crippen LogP contribution in [0, 0.1) is 5.41 Å². The van der Waals surface area contributed by atoms with Gasteiger partial charge in [-0.25, -0.2) is 0 Å². The van der Waals surface area contributed by atoms with E-state index in [2.05, 4.69) is 36.1 Å². The summed E-state index contributed by atoms with van der Waals surface area (Å²) in [7, 11) is 4.26. The number of hydrogen-bond donors (Lipinski definition) is 1. The third-order valence-corrected chi connectivity index (χ3v) is 4.37. The van der Waals surface area contributed by atoms with E-state index >= 15 is 0 Å². The molecule has 0 saturated carbocycles. The van der Waals surface area contributed by atoms with Gasteiger partial charge in [0.05, 0.1) is 5.41 Å². The Balaban J connectivity index is 0.00000162. The third-order valence-electron chi connectivity index (χ3n) is 4.37. The average molecular weight is 312 g/mol. The van der Waals surface area contributed by atoms with E-state index in [1.54, 1.807) is 0 Å². The van der Waals surface area contributed by atoms with Gasteiger partial charge < -0.3 is 15.1 Å². The minimum absolute atomic E-state index is 0. The highest BCUT2D eigenvalue weighted by atomic mass is 35.5. The second kappa shape index (κ2) is 7.67. The standard InChI is InChI=1S/C13H25N3O.2ClH/c1-13(6-7-14-10-13)12(17)16-8-4-11(5-9-16)15(2)3;;/h11,14H,4-10H2,1-3H3;2*1H. The lowest BCUT2D eigenvalue weighted by Crippen LogP contribution is -2.49. The van der Waals surface area contributed by atoms with Gasteiger partial charge in [0.15, 0.2) is 0 Å². The van der Waals surface area contributed by atoms with Crippen LogP contribution < -0.4 is 5.32 Å². The molecule has 0 aromatic heterocycles. The van der Waals surface area contributed by atoms with Crippen molar-refractivity contribution < 1.29 is 4.79 Å². The SMILES string of the molecule is CN(C)C1CCN(C(=O)C2(C)CCNC2)CC1.Cl.Cl. The monoisotopic (exact) mass is 311 g/mol. The molecule has 2 rings (SSSR count). The topological polar surface area (TPSA) is 35.6 Å². The predicted molar refractivity (Wildman–Crippen MR) is 83.4 cm³/mol. The van der Waals surface area contributed by atoms with E-state index in [9.17, 15) is 4.79 Å². The fourth-order valence-electron chi connectivity index (χ4n) is 2.97. The number of hydrogen-bond acceptors (Lipinski definition) is 3. The summed E-state index contributed by atoms with van der Waals surface area (Å²) >= 11 is 0. The number of halogens is 2. The van der Waals surface area contributed by atoms with Crippen molar-refractivity contribution in [1.82, 2.24) is 15.1 Å². The van der Waals surface area contributed by atoms with Crippen LogP contribution in [0.5, 0.6) is 0 Å². The summed E-state index contributed by atoms with van der Waals surface area (Å²) in [5.74, 6) is 0.361. The molecule has 0 aliphatic carbocycles. The molecule has 1 amide bonds. The van der Waals surface area contributed by atoms with Gasteiger partial charge in [-0.2, -0.15) is 0 Å². The first kappa shape index (κ1) is 19.0. The van der Waals surface area contributed by atoms with E-state index in [0.717, 1.165) is 45.4 Å². The Morgan fingerprint density at radius 2 is 1.84 bits per heavy atom. The highest BCUT2D eigenvalue weighted by Crippen LogP contribution is 2.28. The second-order valence-corrected chi connectivity index (χ2v) is 5.97. The second-order valence-electron chi connectivity index (χ2n) is 5.97. The molecule has 4 nitrogen and oxygen atoms in total. The maximum atomic E-state index is 12.5. The summed E-state index contributed by atoms with van der Waals surface area (Å²) in [6, 6.07) is 0.647. The van der Waals surface area contributed by atoms with E-state index in [1.807, 2.05) is 0 Å². The van der Waals surface area contributed by atoms with Crippen LogP contribution in [-0.2, 0) is 4.79 Å². The highest BCUT2D eigenvalue weighted by molar-refractivity contribution is 5.85. The van der Waals surface area contributed by atoms with Crippen molar-refractivity contribution in [2.75, 3.05) is 40.3 Å². The molecule has 6 heteroatoms. The highest BCUT2D eigenvalue weighted by Gasteiger charge is 2.40. The lowest BCUT2D eigenvalue weighted by molar-refractivity contribution is -0.141. The van der Waals surface area contributed by atoms with Crippen molar-refractivity contribution in [3.8, 4) is 0 Å². The van der Waals surface area contributed by atoms with Gasteiger partial charge in [-0.15, -0.1) is 24.8 Å². The van der Waals surface area contributed by atoms with Crippen molar-refractivity contribution in [2.24, 2.45) is 5.41 Å². The van der Waals surface area contributed by atoms with E-state index in [0.29, 0.717) is 11.9 Å². The van der Waals surface area contributed by atoms with E-state index in [1.165, 1.54) is 0 Å². The maximum Gasteiger partial charge on any atom is 0.229 e. The number of rotatable bonds is 2. The molecule has 1 unspecified atom stereocenters. The molecular formula is C13H27Cl2N3O. The number of carbonyl (C=O) groups excluding carboxylic acids is 1. The number of nitrogens with zero attached hydrogens (tertiary/aromatic N) is 2. The van der Waals surface area contributed by atoms with E-state index in [-0.39, 0.29) is 30.2 Å². The van der Waals surface area contributed by atoms with E-state index < -0.39 is 0 Å². The van der Waals surface area contributed by atoms with Crippen LogP contribution in [0.1, 0.15) is 26.2 Å². The zero-order valence-corrected chi connectivity index (χ0v) is 13.8. The molecule has 2 fully saturated rings. The Hall–Kier alpha value is -0.0300. The van der Waals surface area contributed by atoms with E-state index in [4.69, 9.17) is 0 Å². The first-order valence-electron chi connectivity index (χ1n) is 6.69. The van der Waals surface area contributed by atoms with Crippen molar-refractivity contribution in [3.05, 3.63) is 0 Å². The molecular weight excluding hydrogens is 285 g/mol. The van der Waals surface area contributed by atoms with Gasteiger partial charge in [0.25, 0.3) is 0 Å². The maximum absolute atomic E-state index is 12.5. The smallest absolute Gasteiger partial charge is 0.229 e. The first-order chi connectivity index (χ1) is 8.03. The van der Waals surface area contributed by atoms with Gasteiger partial charge >= 0.3 is 0 Å². The summed E-state index contributed by atoms with van der Waals surface area (Å²) in [4.78, 5) is 16.8. The molecule has 0 spiro atoms. The Bertz CT molecular complexity index is 286. The molecule has 1 N–H and O–H groups in total. The van der Waals surface area contributed by atoms with Crippen LogP contribution in [-0.4, -0.2) is 62.0 Å². The number of amides is 1. The van der Waals surface area contributed by atoms with Crippen LogP contribution in [0.2, 0.25) is 0 Å². The average Bonchev–Trinajstić information content (AvgIpc) is 2.76. The molecule has 2 saturated heterocycles. The third kappa shape index (κ3) is 4.22. The van der Waals surface area contributed by atoms with Gasteiger partial charge in [-0.3, -0.25) is 4.79 Å². The van der Waals surface area contributed by atoms with Crippen LogP contribution in [0.15, 0.2) is 0 Å². The fourth-order valence-corrected chi connectivity index (χ4v) is 2.97. The van der Waals surface area contributed by atoms with Crippen molar-refractivity contribution in [2.45, 2.75) is 32.2 Å². The number of carbonyl (C=O) groups is 1. The first-order valence-corrected chi connectivity index (χ1v) is 6.69. The zero-order valence-electron chi connectivity index (χ0n) is 12.1. The minimum Gasteiger partial charge on any atom is -0.342 e. The molecule has 0 aromatic carbocycles. The van der Waals surface area contributed by atoms with Crippen LogP contribution in [0.4, 0.5) is 0 Å². The summed E-state index contributed by atoms with van der Waals surface area (Å²) in [6.45, 7) is 5.79. The largest absolute Gasteiger partial charge is 0.342 e. The number of likely N-dealkylation sites (tertiary alicyclic amines) is 1. The lowest BCUT2D eigenvalue weighted by Gasteiger charge is -2.38. The molecule has 2 heterocycles. The van der Waals surface area contributed by atoms with Crippen molar-refractivity contribution in [3.63, 3.8) is 0 Å². The van der Waals surface area contributed by atoms with Crippen molar-refractivity contribution >= 4 is 30.7 Å². The van der Waals surface area contributed by atoms with Crippen LogP contribution in [0.25, 0.3) is 0 Å². The normalized spacial score (nSPS) is 27.9. The molecule has 1 atom stereocenters. The van der Waals surface area contributed by atoms with Crippen molar-refractivity contribution in [1.29, 1.82) is 0 Å². The van der Waals surface area contributed by atoms with Gasteiger partial charge in [0.2, 0.25) is 5.91 Å². The summed E-state index contributed by atoms with van der Waals surface area (Å²) in [5, 5.41) is 3.30. The Labute approximate surface area is 129 Å². The number of nitrogens with one attached hydrogen (secondary N) is 1. The molecule has 114 valence electrons. The molecule has 19 heavy (non-hydrogen) atoms. The Kier molecular flexibility index (Phi) is 7.66. The summed E-state index contributed by atoms with van der Waals surface area (Å²) in [6.07, 6.45) is 3.21. The fraction of sp³-hybridized carbons (Fsp3) is 0.923. The quantitative estimate of drug-likeness (QED) is 0.837. The minimum atomic E-state index is -0.148. The zero-order chi connectivity index (χ0) is 12.5. The molecule has 0 aromatic rings. The molecule has 0 bridgehead atoms. The lowest BCUT2D eigenvalue weighted by atomic mass is 9.87. The van der Waals surface area contributed by atoms with Gasteiger partial charge in [0.1, 0.15) is 0 Å². The Morgan fingerprint density at radius 3 is 2.26 bits per heavy atom. The number of piperidine rings is 1. The molecule has 2 aliphatic heterocycles. The van der Waals surface area contributed by atoms with Gasteiger partial charge in [-0.1, -0.05) is 0 Å². The summed E-state index contributed by atoms with van der Waals surface area (Å²) < 4.78 is 0. The molecule has 2 aliphatic rings. The molecule has 0 radical (unpaired) electrons.